The Morgan fingerprint density at radius 3 is 2.30 bits per heavy atom. The first-order valence-corrected chi connectivity index (χ1v) is 9.26. The fourth-order valence-corrected chi connectivity index (χ4v) is 3.08. The van der Waals surface area contributed by atoms with Gasteiger partial charge in [0.1, 0.15) is 5.41 Å². The molecule has 27 heavy (non-hydrogen) atoms. The molecule has 0 atom stereocenters. The topological polar surface area (TPSA) is 71.1 Å². The summed E-state index contributed by atoms with van der Waals surface area (Å²) >= 11 is 0. The van der Waals surface area contributed by atoms with Crippen LogP contribution in [0.15, 0.2) is 18.2 Å². The molecule has 0 aliphatic carbocycles. The van der Waals surface area contributed by atoms with Gasteiger partial charge in [-0.2, -0.15) is 0 Å². The molecule has 1 aromatic carbocycles. The van der Waals surface area contributed by atoms with Crippen molar-refractivity contribution in [2.45, 2.75) is 20.3 Å². The van der Waals surface area contributed by atoms with Crippen molar-refractivity contribution in [2.24, 2.45) is 5.41 Å². The summed E-state index contributed by atoms with van der Waals surface area (Å²) in [4.78, 5) is 29.4. The van der Waals surface area contributed by atoms with E-state index in [1.54, 1.807) is 33.0 Å². The summed E-state index contributed by atoms with van der Waals surface area (Å²) in [6, 6.07) is 5.68. The molecule has 150 valence electrons. The van der Waals surface area contributed by atoms with Gasteiger partial charge in [0.15, 0.2) is 11.5 Å². The van der Waals surface area contributed by atoms with Gasteiger partial charge in [-0.15, -0.1) is 0 Å². The van der Waals surface area contributed by atoms with Gasteiger partial charge >= 0.3 is 0 Å². The molecule has 0 saturated carbocycles. The third-order valence-corrected chi connectivity index (χ3v) is 5.04. The number of methoxy groups -OCH3 is 2. The Kier molecular flexibility index (Phi) is 7.07. The Morgan fingerprint density at radius 2 is 1.70 bits per heavy atom. The van der Waals surface area contributed by atoms with Crippen LogP contribution in [0.3, 0.4) is 0 Å². The summed E-state index contributed by atoms with van der Waals surface area (Å²) in [5.74, 6) is 0.974. The minimum atomic E-state index is -1.08. The zero-order valence-corrected chi connectivity index (χ0v) is 17.0. The lowest BCUT2D eigenvalue weighted by atomic mass is 9.90. The van der Waals surface area contributed by atoms with Gasteiger partial charge in [-0.3, -0.25) is 9.59 Å². The smallest absolute Gasteiger partial charge is 0.237 e. The number of nitrogens with zero attached hydrogens (tertiary/aromatic N) is 2. The van der Waals surface area contributed by atoms with Crippen LogP contribution in [0.5, 0.6) is 11.5 Å². The van der Waals surface area contributed by atoms with Crippen LogP contribution in [0, 0.1) is 5.41 Å². The lowest BCUT2D eigenvalue weighted by molar-refractivity contribution is -0.149. The van der Waals surface area contributed by atoms with Crippen molar-refractivity contribution < 1.29 is 19.1 Å². The van der Waals surface area contributed by atoms with Crippen molar-refractivity contribution in [3.05, 3.63) is 23.8 Å². The van der Waals surface area contributed by atoms with E-state index < -0.39 is 5.41 Å². The van der Waals surface area contributed by atoms with E-state index in [-0.39, 0.29) is 11.8 Å². The van der Waals surface area contributed by atoms with Crippen molar-refractivity contribution in [3.8, 4) is 11.5 Å². The normalized spacial score (nSPS) is 15.4. The molecule has 1 heterocycles. The Hall–Kier alpha value is -2.28. The van der Waals surface area contributed by atoms with E-state index in [1.807, 2.05) is 25.2 Å². The number of benzene rings is 1. The molecular formula is C20H31N3O4. The summed E-state index contributed by atoms with van der Waals surface area (Å²) in [6.45, 7) is 6.84. The van der Waals surface area contributed by atoms with Gasteiger partial charge in [0.05, 0.1) is 14.2 Å². The molecule has 1 fully saturated rings. The maximum atomic E-state index is 12.8. The van der Waals surface area contributed by atoms with Crippen LogP contribution in [-0.4, -0.2) is 75.6 Å². The summed E-state index contributed by atoms with van der Waals surface area (Å²) in [5.41, 5.74) is -0.0517. The largest absolute Gasteiger partial charge is 0.493 e. The Bertz CT molecular complexity index is 667. The van der Waals surface area contributed by atoms with E-state index in [4.69, 9.17) is 9.47 Å². The standard InChI is InChI=1S/C20H31N3O4/c1-20(2,19(25)23-12-10-22(3)11-13-23)18(24)21-9-8-15-6-7-16(26-4)17(14-15)27-5/h6-7,14H,8-13H2,1-5H3,(H,21,24). The van der Waals surface area contributed by atoms with Crippen LogP contribution in [0.25, 0.3) is 0 Å². The lowest BCUT2D eigenvalue weighted by Crippen LogP contribution is -2.55. The number of amides is 2. The van der Waals surface area contributed by atoms with E-state index in [2.05, 4.69) is 10.2 Å². The van der Waals surface area contributed by atoms with Crippen molar-refractivity contribution in [1.82, 2.24) is 15.1 Å². The predicted molar refractivity (Wildman–Crippen MR) is 104 cm³/mol. The second kappa shape index (κ2) is 9.08. The Morgan fingerprint density at radius 1 is 1.07 bits per heavy atom. The molecule has 0 radical (unpaired) electrons. The van der Waals surface area contributed by atoms with Crippen LogP contribution in [0.4, 0.5) is 0 Å². The zero-order chi connectivity index (χ0) is 20.0. The van der Waals surface area contributed by atoms with Crippen LogP contribution < -0.4 is 14.8 Å². The van der Waals surface area contributed by atoms with Crippen molar-refractivity contribution in [1.29, 1.82) is 0 Å². The SMILES string of the molecule is COc1ccc(CCNC(=O)C(C)(C)C(=O)N2CCN(C)CC2)cc1OC. The number of likely N-dealkylation sites (N-methyl/N-ethyl adjacent to an activating group) is 1. The molecule has 7 heteroatoms. The van der Waals surface area contributed by atoms with Gasteiger partial charge in [-0.1, -0.05) is 6.07 Å². The average Bonchev–Trinajstić information content (AvgIpc) is 2.67. The number of nitrogens with one attached hydrogen (secondary N) is 1. The van der Waals surface area contributed by atoms with Gasteiger partial charge < -0.3 is 24.6 Å². The average molecular weight is 377 g/mol. The quantitative estimate of drug-likeness (QED) is 0.722. The minimum Gasteiger partial charge on any atom is -0.493 e. The number of rotatable bonds is 7. The first-order chi connectivity index (χ1) is 12.8. The molecule has 0 aromatic heterocycles. The zero-order valence-electron chi connectivity index (χ0n) is 17.0. The van der Waals surface area contributed by atoms with E-state index >= 15 is 0 Å². The molecule has 2 rings (SSSR count). The van der Waals surface area contributed by atoms with Gasteiger partial charge in [0.25, 0.3) is 0 Å². The maximum absolute atomic E-state index is 12.8. The molecule has 1 aliphatic rings. The number of ether oxygens (including phenoxy) is 2. The highest BCUT2D eigenvalue weighted by Gasteiger charge is 2.39. The van der Waals surface area contributed by atoms with Crippen LogP contribution in [-0.2, 0) is 16.0 Å². The van der Waals surface area contributed by atoms with E-state index in [0.29, 0.717) is 37.6 Å². The van der Waals surface area contributed by atoms with Crippen molar-refractivity contribution in [3.63, 3.8) is 0 Å². The third kappa shape index (κ3) is 5.13. The molecule has 0 spiro atoms. The number of carbonyl (C=O) groups is 2. The summed E-state index contributed by atoms with van der Waals surface area (Å²) in [6.07, 6.45) is 0.644. The number of piperazine rings is 1. The molecule has 0 bridgehead atoms. The second-order valence-corrected chi connectivity index (χ2v) is 7.42. The molecule has 0 unspecified atom stereocenters. The monoisotopic (exact) mass is 377 g/mol. The Balaban J connectivity index is 1.89. The highest BCUT2D eigenvalue weighted by Crippen LogP contribution is 2.27. The molecule has 1 saturated heterocycles. The predicted octanol–water partition coefficient (Wildman–Crippen LogP) is 1.16. The molecule has 1 aliphatic heterocycles. The highest BCUT2D eigenvalue weighted by atomic mass is 16.5. The van der Waals surface area contributed by atoms with Crippen LogP contribution in [0.1, 0.15) is 19.4 Å². The molecule has 7 nitrogen and oxygen atoms in total. The van der Waals surface area contributed by atoms with Crippen molar-refractivity contribution in [2.75, 3.05) is 54.0 Å². The van der Waals surface area contributed by atoms with E-state index in [1.165, 1.54) is 0 Å². The van der Waals surface area contributed by atoms with Crippen molar-refractivity contribution >= 4 is 11.8 Å². The van der Waals surface area contributed by atoms with E-state index in [9.17, 15) is 9.59 Å². The summed E-state index contributed by atoms with van der Waals surface area (Å²) in [7, 11) is 5.22. The molecule has 2 amide bonds. The molecule has 1 aromatic rings. The fourth-order valence-electron chi connectivity index (χ4n) is 3.08. The Labute approximate surface area is 161 Å². The summed E-state index contributed by atoms with van der Waals surface area (Å²) in [5, 5.41) is 2.90. The van der Waals surface area contributed by atoms with Gasteiger partial charge in [-0.05, 0) is 45.0 Å². The highest BCUT2D eigenvalue weighted by molar-refractivity contribution is 6.04. The third-order valence-electron chi connectivity index (χ3n) is 5.04. The van der Waals surface area contributed by atoms with Crippen LogP contribution in [0.2, 0.25) is 0 Å². The maximum Gasteiger partial charge on any atom is 0.237 e. The van der Waals surface area contributed by atoms with Crippen LogP contribution >= 0.6 is 0 Å². The minimum absolute atomic E-state index is 0.112. The second-order valence-electron chi connectivity index (χ2n) is 7.42. The first-order valence-electron chi connectivity index (χ1n) is 9.26. The number of hydrogen-bond donors (Lipinski definition) is 1. The first kappa shape index (κ1) is 21.0. The number of carbonyl (C=O) groups excluding carboxylic acids is 2. The molecular weight excluding hydrogens is 346 g/mol. The number of hydrogen-bond acceptors (Lipinski definition) is 5. The van der Waals surface area contributed by atoms with Gasteiger partial charge in [-0.25, -0.2) is 0 Å². The van der Waals surface area contributed by atoms with Gasteiger partial charge in [0, 0.05) is 32.7 Å². The molecule has 1 N–H and O–H groups in total. The van der Waals surface area contributed by atoms with E-state index in [0.717, 1.165) is 18.7 Å². The summed E-state index contributed by atoms with van der Waals surface area (Å²) < 4.78 is 10.5. The lowest BCUT2D eigenvalue weighted by Gasteiger charge is -2.36. The fraction of sp³-hybridized carbons (Fsp3) is 0.600. The van der Waals surface area contributed by atoms with Gasteiger partial charge in [0.2, 0.25) is 11.8 Å².